The maximum Gasteiger partial charge on any atom is 0.255 e. The fourth-order valence-corrected chi connectivity index (χ4v) is 4.01. The van der Waals surface area contributed by atoms with Crippen molar-refractivity contribution in [2.45, 2.75) is 18.8 Å². The van der Waals surface area contributed by atoms with Gasteiger partial charge in [0.15, 0.2) is 0 Å². The van der Waals surface area contributed by atoms with Gasteiger partial charge in [-0.3, -0.25) is 9.59 Å². The number of carbonyl (C=O) groups excluding carboxylic acids is 2. The average molecular weight is 430 g/mol. The molecule has 1 unspecified atom stereocenters. The number of anilines is 2. The minimum Gasteiger partial charge on any atom is -0.322 e. The molecule has 1 aliphatic heterocycles. The van der Waals surface area contributed by atoms with E-state index in [1.165, 1.54) is 0 Å². The van der Waals surface area contributed by atoms with Gasteiger partial charge >= 0.3 is 0 Å². The summed E-state index contributed by atoms with van der Waals surface area (Å²) in [5.74, 6) is -0.652. The van der Waals surface area contributed by atoms with Crippen LogP contribution in [0.2, 0.25) is 5.02 Å². The van der Waals surface area contributed by atoms with E-state index in [1.54, 1.807) is 47.4 Å². The van der Waals surface area contributed by atoms with Crippen LogP contribution in [0.5, 0.6) is 0 Å². The smallest absolute Gasteiger partial charge is 0.255 e. The van der Waals surface area contributed by atoms with Crippen LogP contribution in [-0.4, -0.2) is 18.4 Å². The Hall–Kier alpha value is -3.62. The standard InChI is InChI=1S/C25H20ClN3O2/c26-23-15-19(10-13-21(23)22(16-27)17-5-2-1-3-6-17)28-25(31)18-8-11-20(12-9-18)29-14-4-7-24(29)30/h1-3,5-6,8-13,15,22H,4,7,14H2,(H,28,31). The topological polar surface area (TPSA) is 73.2 Å². The highest BCUT2D eigenvalue weighted by molar-refractivity contribution is 6.32. The molecule has 1 saturated heterocycles. The molecule has 0 aliphatic carbocycles. The summed E-state index contributed by atoms with van der Waals surface area (Å²) in [5.41, 5.74) is 3.38. The third-order valence-corrected chi connectivity index (χ3v) is 5.67. The van der Waals surface area contributed by atoms with Crippen LogP contribution in [0.25, 0.3) is 0 Å². The fraction of sp³-hybridized carbons (Fsp3) is 0.160. The maximum atomic E-state index is 12.6. The first kappa shape index (κ1) is 20.6. The van der Waals surface area contributed by atoms with Gasteiger partial charge in [0.05, 0.1) is 12.0 Å². The predicted octanol–water partition coefficient (Wildman–Crippen LogP) is 5.37. The molecule has 0 radical (unpaired) electrons. The van der Waals surface area contributed by atoms with E-state index in [4.69, 9.17) is 11.6 Å². The van der Waals surface area contributed by atoms with E-state index in [0.29, 0.717) is 34.8 Å². The van der Waals surface area contributed by atoms with E-state index < -0.39 is 5.92 Å². The third-order valence-electron chi connectivity index (χ3n) is 5.35. The van der Waals surface area contributed by atoms with E-state index in [1.807, 2.05) is 30.3 Å². The van der Waals surface area contributed by atoms with E-state index in [9.17, 15) is 14.9 Å². The van der Waals surface area contributed by atoms with Crippen LogP contribution in [0, 0.1) is 11.3 Å². The van der Waals surface area contributed by atoms with Crippen LogP contribution in [-0.2, 0) is 4.79 Å². The molecule has 0 saturated carbocycles. The summed E-state index contributed by atoms with van der Waals surface area (Å²) < 4.78 is 0. The second-order valence-electron chi connectivity index (χ2n) is 7.36. The lowest BCUT2D eigenvalue weighted by molar-refractivity contribution is -0.117. The number of nitrogens with zero attached hydrogens (tertiary/aromatic N) is 2. The molecule has 1 heterocycles. The Bertz CT molecular complexity index is 1150. The monoisotopic (exact) mass is 429 g/mol. The Morgan fingerprint density at radius 2 is 1.81 bits per heavy atom. The van der Waals surface area contributed by atoms with Crippen molar-refractivity contribution in [2.75, 3.05) is 16.8 Å². The van der Waals surface area contributed by atoms with Crippen molar-refractivity contribution in [1.29, 1.82) is 5.26 Å². The number of nitrogens with one attached hydrogen (secondary N) is 1. The van der Waals surface area contributed by atoms with Gasteiger partial charge in [0.2, 0.25) is 5.91 Å². The zero-order chi connectivity index (χ0) is 21.8. The SMILES string of the molecule is N#CC(c1ccccc1)c1ccc(NC(=O)c2ccc(N3CCCC3=O)cc2)cc1Cl. The quantitative estimate of drug-likeness (QED) is 0.592. The van der Waals surface area contributed by atoms with Crippen molar-refractivity contribution >= 4 is 34.8 Å². The van der Waals surface area contributed by atoms with Crippen LogP contribution < -0.4 is 10.2 Å². The minimum atomic E-state index is -0.487. The largest absolute Gasteiger partial charge is 0.322 e. The molecule has 3 aromatic rings. The van der Waals surface area contributed by atoms with Gasteiger partial charge in [-0.15, -0.1) is 0 Å². The van der Waals surface area contributed by atoms with Crippen LogP contribution in [0.3, 0.4) is 0 Å². The molecule has 0 bridgehead atoms. The van der Waals surface area contributed by atoms with E-state index in [-0.39, 0.29) is 11.8 Å². The van der Waals surface area contributed by atoms with Crippen LogP contribution in [0.1, 0.15) is 40.2 Å². The van der Waals surface area contributed by atoms with Crippen molar-refractivity contribution in [1.82, 2.24) is 0 Å². The Morgan fingerprint density at radius 3 is 2.42 bits per heavy atom. The molecule has 4 rings (SSSR count). The number of nitriles is 1. The molecule has 1 aliphatic rings. The Labute approximate surface area is 185 Å². The summed E-state index contributed by atoms with van der Waals surface area (Å²) in [4.78, 5) is 26.2. The van der Waals surface area contributed by atoms with Crippen molar-refractivity contribution in [3.8, 4) is 6.07 Å². The molecule has 0 aromatic heterocycles. The van der Waals surface area contributed by atoms with E-state index in [2.05, 4.69) is 11.4 Å². The number of rotatable bonds is 5. The molecule has 154 valence electrons. The average Bonchev–Trinajstić information content (AvgIpc) is 3.22. The molecular weight excluding hydrogens is 410 g/mol. The van der Waals surface area contributed by atoms with Crippen molar-refractivity contribution in [2.24, 2.45) is 0 Å². The lowest BCUT2D eigenvalue weighted by atomic mass is 9.92. The van der Waals surface area contributed by atoms with Gasteiger partial charge < -0.3 is 10.2 Å². The normalized spacial score (nSPS) is 14.2. The first-order valence-electron chi connectivity index (χ1n) is 10.0. The summed E-state index contributed by atoms with van der Waals surface area (Å²) in [5, 5.41) is 12.9. The number of carbonyl (C=O) groups is 2. The first-order chi connectivity index (χ1) is 15.1. The number of hydrogen-bond donors (Lipinski definition) is 1. The number of benzene rings is 3. The molecule has 1 atom stereocenters. The molecule has 1 fully saturated rings. The molecule has 31 heavy (non-hydrogen) atoms. The van der Waals surface area contributed by atoms with Gasteiger partial charge in [0, 0.05) is 34.9 Å². The van der Waals surface area contributed by atoms with E-state index in [0.717, 1.165) is 17.7 Å². The van der Waals surface area contributed by atoms with Crippen LogP contribution in [0.4, 0.5) is 11.4 Å². The van der Waals surface area contributed by atoms with Gasteiger partial charge in [0.1, 0.15) is 0 Å². The minimum absolute atomic E-state index is 0.109. The molecule has 5 nitrogen and oxygen atoms in total. The Kier molecular flexibility index (Phi) is 6.01. The zero-order valence-corrected chi connectivity index (χ0v) is 17.5. The number of halogens is 1. The third kappa shape index (κ3) is 4.45. The molecule has 6 heteroatoms. The maximum absolute atomic E-state index is 12.6. The number of amides is 2. The van der Waals surface area contributed by atoms with Crippen molar-refractivity contribution < 1.29 is 9.59 Å². The zero-order valence-electron chi connectivity index (χ0n) is 16.7. The molecule has 0 spiro atoms. The number of hydrogen-bond acceptors (Lipinski definition) is 3. The summed E-state index contributed by atoms with van der Waals surface area (Å²) in [6, 6.07) is 23.9. The second kappa shape index (κ2) is 9.03. The van der Waals surface area contributed by atoms with Gasteiger partial charge in [-0.05, 0) is 53.9 Å². The highest BCUT2D eigenvalue weighted by atomic mass is 35.5. The Morgan fingerprint density at radius 1 is 1.06 bits per heavy atom. The first-order valence-corrected chi connectivity index (χ1v) is 10.4. The molecule has 3 aromatic carbocycles. The molecule has 2 amide bonds. The lowest BCUT2D eigenvalue weighted by Gasteiger charge is -2.16. The summed E-state index contributed by atoms with van der Waals surface area (Å²) in [6.45, 7) is 0.710. The Balaban J connectivity index is 1.48. The summed E-state index contributed by atoms with van der Waals surface area (Å²) >= 11 is 6.45. The highest BCUT2D eigenvalue weighted by Crippen LogP contribution is 2.32. The molecular formula is C25H20ClN3O2. The molecule has 1 N–H and O–H groups in total. The van der Waals surface area contributed by atoms with Crippen molar-refractivity contribution in [3.63, 3.8) is 0 Å². The van der Waals surface area contributed by atoms with Crippen LogP contribution >= 0.6 is 11.6 Å². The van der Waals surface area contributed by atoms with Gasteiger partial charge in [-0.1, -0.05) is 48.0 Å². The van der Waals surface area contributed by atoms with Crippen LogP contribution in [0.15, 0.2) is 72.8 Å². The summed E-state index contributed by atoms with van der Waals surface area (Å²) in [6.07, 6.45) is 1.42. The van der Waals surface area contributed by atoms with Gasteiger partial charge in [0.25, 0.3) is 5.91 Å². The summed E-state index contributed by atoms with van der Waals surface area (Å²) in [7, 11) is 0. The van der Waals surface area contributed by atoms with E-state index >= 15 is 0 Å². The van der Waals surface area contributed by atoms with Gasteiger partial charge in [-0.2, -0.15) is 5.26 Å². The predicted molar refractivity (Wildman–Crippen MR) is 121 cm³/mol. The fourth-order valence-electron chi connectivity index (χ4n) is 3.73. The highest BCUT2D eigenvalue weighted by Gasteiger charge is 2.22. The second-order valence-corrected chi connectivity index (χ2v) is 7.77. The lowest BCUT2D eigenvalue weighted by Crippen LogP contribution is -2.23. The van der Waals surface area contributed by atoms with Crippen molar-refractivity contribution in [3.05, 3.63) is 94.5 Å². The van der Waals surface area contributed by atoms with Gasteiger partial charge in [-0.25, -0.2) is 0 Å².